The van der Waals surface area contributed by atoms with Gasteiger partial charge in [-0.3, -0.25) is 19.4 Å². The molecule has 3 rings (SSSR count). The van der Waals surface area contributed by atoms with E-state index in [0.29, 0.717) is 5.11 Å². The van der Waals surface area contributed by atoms with Crippen molar-refractivity contribution in [3.63, 3.8) is 0 Å². The lowest BCUT2D eigenvalue weighted by atomic mass is 10.1. The minimum Gasteiger partial charge on any atom is -0.337 e. The molecule has 0 N–H and O–H groups in total. The van der Waals surface area contributed by atoms with Gasteiger partial charge < -0.3 is 9.80 Å². The zero-order chi connectivity index (χ0) is 21.5. The molecule has 2 fully saturated rings. The number of unbranched alkanes of at least 4 members (excludes halogenated alkanes) is 5. The van der Waals surface area contributed by atoms with Crippen molar-refractivity contribution in [2.45, 2.75) is 51.5 Å². The highest BCUT2D eigenvalue weighted by Gasteiger charge is 2.36. The summed E-state index contributed by atoms with van der Waals surface area (Å²) in [6.07, 6.45) is 7.26. The van der Waals surface area contributed by atoms with Crippen molar-refractivity contribution in [2.24, 2.45) is 0 Å². The predicted molar refractivity (Wildman–Crippen MR) is 126 cm³/mol. The molecule has 2 aliphatic heterocycles. The van der Waals surface area contributed by atoms with Crippen LogP contribution in [0, 0.1) is 0 Å². The van der Waals surface area contributed by atoms with E-state index in [2.05, 4.69) is 9.80 Å². The fourth-order valence-corrected chi connectivity index (χ4v) is 5.24. The largest absolute Gasteiger partial charge is 0.337 e. The second-order valence-electron chi connectivity index (χ2n) is 8.28. The number of thiophene rings is 1. The maximum absolute atomic E-state index is 12.4. The van der Waals surface area contributed by atoms with Crippen LogP contribution in [0.1, 0.15) is 55.1 Å². The third-order valence-corrected chi connectivity index (χ3v) is 7.57. The Morgan fingerprint density at radius 1 is 1.07 bits per heavy atom. The van der Waals surface area contributed by atoms with Crippen LogP contribution in [0.2, 0.25) is 0 Å². The summed E-state index contributed by atoms with van der Waals surface area (Å²) in [7, 11) is 1.77. The highest BCUT2D eigenvalue weighted by molar-refractivity contribution is 7.80. The van der Waals surface area contributed by atoms with E-state index in [0.717, 1.165) is 50.6 Å². The molecule has 1 aromatic rings. The lowest BCUT2D eigenvalue weighted by Gasteiger charge is -2.34. The van der Waals surface area contributed by atoms with Crippen LogP contribution in [-0.4, -0.2) is 88.9 Å². The maximum atomic E-state index is 12.4. The number of carbonyl (C=O) groups is 2. The highest BCUT2D eigenvalue weighted by atomic mass is 32.1. The van der Waals surface area contributed by atoms with Gasteiger partial charge in [-0.15, -0.1) is 11.3 Å². The highest BCUT2D eigenvalue weighted by Crippen LogP contribution is 2.18. The first-order valence-corrected chi connectivity index (χ1v) is 12.4. The molecule has 1 aromatic heterocycles. The lowest BCUT2D eigenvalue weighted by molar-refractivity contribution is -0.126. The Balaban J connectivity index is 1.19. The van der Waals surface area contributed by atoms with Crippen LogP contribution < -0.4 is 0 Å². The molecule has 0 spiro atoms. The SMILES string of the molecule is CC1C(=O)N(C)C(=S)N1CCCCCCCCN1CCN(C(=O)c2cccs2)CC1. The van der Waals surface area contributed by atoms with Crippen molar-refractivity contribution in [2.75, 3.05) is 46.3 Å². The fraction of sp³-hybridized carbons (Fsp3) is 0.682. The quantitative estimate of drug-likeness (QED) is 0.404. The van der Waals surface area contributed by atoms with Crippen molar-refractivity contribution in [3.05, 3.63) is 22.4 Å². The molecule has 166 valence electrons. The number of hydrogen-bond donors (Lipinski definition) is 0. The number of carbonyl (C=O) groups excluding carboxylic acids is 2. The average molecular weight is 451 g/mol. The Hall–Kier alpha value is -1.51. The van der Waals surface area contributed by atoms with Crippen LogP contribution in [-0.2, 0) is 4.79 Å². The van der Waals surface area contributed by atoms with E-state index in [-0.39, 0.29) is 17.9 Å². The summed E-state index contributed by atoms with van der Waals surface area (Å²) in [5, 5.41) is 2.63. The van der Waals surface area contributed by atoms with Gasteiger partial charge in [-0.1, -0.05) is 31.7 Å². The Morgan fingerprint density at radius 2 is 1.70 bits per heavy atom. The van der Waals surface area contributed by atoms with E-state index in [1.165, 1.54) is 43.4 Å². The summed E-state index contributed by atoms with van der Waals surface area (Å²) in [5.41, 5.74) is 0. The Bertz CT molecular complexity index is 717. The summed E-state index contributed by atoms with van der Waals surface area (Å²) in [6.45, 7) is 7.60. The number of piperazine rings is 1. The molecule has 1 atom stereocenters. The van der Waals surface area contributed by atoms with Crippen molar-refractivity contribution in [1.82, 2.24) is 19.6 Å². The van der Waals surface area contributed by atoms with Crippen molar-refractivity contribution in [3.8, 4) is 0 Å². The van der Waals surface area contributed by atoms with Crippen molar-refractivity contribution in [1.29, 1.82) is 0 Å². The Labute approximate surface area is 189 Å². The molecule has 6 nitrogen and oxygen atoms in total. The second-order valence-corrected chi connectivity index (χ2v) is 9.59. The fourth-order valence-electron chi connectivity index (χ4n) is 4.21. The number of rotatable bonds is 10. The van der Waals surface area contributed by atoms with Crippen molar-refractivity contribution >= 4 is 40.5 Å². The van der Waals surface area contributed by atoms with Gasteiger partial charge in [0, 0.05) is 39.8 Å². The predicted octanol–water partition coefficient (Wildman–Crippen LogP) is 3.29. The molecule has 3 heterocycles. The standard InChI is InChI=1S/C22H34N4O2S2/c1-18-20(27)23(2)22(29)26(18)12-8-6-4-3-5-7-11-24-13-15-25(16-14-24)21(28)19-10-9-17-30-19/h9-10,17-18H,3-8,11-16H2,1-2H3. The molecule has 0 saturated carbocycles. The topological polar surface area (TPSA) is 47.1 Å². The molecule has 2 amide bonds. The minimum absolute atomic E-state index is 0.108. The third-order valence-electron chi connectivity index (χ3n) is 6.20. The number of thiocarbonyl (C=S) groups is 1. The van der Waals surface area contributed by atoms with E-state index in [9.17, 15) is 9.59 Å². The van der Waals surface area contributed by atoms with Gasteiger partial charge in [0.2, 0.25) is 0 Å². The Morgan fingerprint density at radius 3 is 2.27 bits per heavy atom. The van der Waals surface area contributed by atoms with Gasteiger partial charge in [-0.2, -0.15) is 0 Å². The van der Waals surface area contributed by atoms with Gasteiger partial charge in [0.1, 0.15) is 6.04 Å². The maximum Gasteiger partial charge on any atom is 0.264 e. The monoisotopic (exact) mass is 450 g/mol. The van der Waals surface area contributed by atoms with E-state index < -0.39 is 0 Å². The summed E-state index contributed by atoms with van der Waals surface area (Å²) < 4.78 is 0. The molecule has 0 bridgehead atoms. The third kappa shape index (κ3) is 5.80. The molecule has 30 heavy (non-hydrogen) atoms. The van der Waals surface area contributed by atoms with Crippen LogP contribution in [0.4, 0.5) is 0 Å². The molecule has 2 saturated heterocycles. The summed E-state index contributed by atoms with van der Waals surface area (Å²) in [4.78, 5) is 33.3. The zero-order valence-electron chi connectivity index (χ0n) is 18.2. The van der Waals surface area contributed by atoms with E-state index in [4.69, 9.17) is 12.2 Å². The van der Waals surface area contributed by atoms with Gasteiger partial charge in [0.25, 0.3) is 11.8 Å². The van der Waals surface area contributed by atoms with E-state index >= 15 is 0 Å². The minimum atomic E-state index is -0.108. The number of likely N-dealkylation sites (N-methyl/N-ethyl adjacent to an activating group) is 1. The number of amides is 2. The van der Waals surface area contributed by atoms with Crippen LogP contribution in [0.15, 0.2) is 17.5 Å². The van der Waals surface area contributed by atoms with Crippen LogP contribution in [0.5, 0.6) is 0 Å². The van der Waals surface area contributed by atoms with Gasteiger partial charge in [-0.25, -0.2) is 0 Å². The van der Waals surface area contributed by atoms with Crippen LogP contribution in [0.25, 0.3) is 0 Å². The van der Waals surface area contributed by atoms with Gasteiger partial charge in [0.05, 0.1) is 4.88 Å². The molecular weight excluding hydrogens is 416 g/mol. The molecular formula is C22H34N4O2S2. The normalized spacial score (nSPS) is 20.5. The summed E-state index contributed by atoms with van der Waals surface area (Å²) >= 11 is 6.89. The van der Waals surface area contributed by atoms with Gasteiger partial charge in [0.15, 0.2) is 5.11 Å². The van der Waals surface area contributed by atoms with Gasteiger partial charge in [-0.05, 0) is 50.0 Å². The van der Waals surface area contributed by atoms with Crippen LogP contribution >= 0.6 is 23.6 Å². The number of hydrogen-bond acceptors (Lipinski definition) is 5. The smallest absolute Gasteiger partial charge is 0.264 e. The molecule has 0 aliphatic carbocycles. The Kier molecular flexibility index (Phi) is 8.65. The van der Waals surface area contributed by atoms with Crippen LogP contribution in [0.3, 0.4) is 0 Å². The zero-order valence-corrected chi connectivity index (χ0v) is 19.8. The molecule has 2 aliphatic rings. The molecule has 8 heteroatoms. The van der Waals surface area contributed by atoms with Crippen molar-refractivity contribution < 1.29 is 9.59 Å². The van der Waals surface area contributed by atoms with E-state index in [1.54, 1.807) is 11.9 Å². The summed E-state index contributed by atoms with van der Waals surface area (Å²) in [5.74, 6) is 0.293. The number of nitrogens with zero attached hydrogens (tertiary/aromatic N) is 4. The molecule has 0 radical (unpaired) electrons. The first kappa shape index (κ1) is 23.2. The van der Waals surface area contributed by atoms with E-state index in [1.807, 2.05) is 29.3 Å². The summed E-state index contributed by atoms with van der Waals surface area (Å²) in [6, 6.07) is 3.75. The lowest BCUT2D eigenvalue weighted by Crippen LogP contribution is -2.48. The molecule has 1 unspecified atom stereocenters. The molecule has 0 aromatic carbocycles. The average Bonchev–Trinajstić information content (AvgIpc) is 3.36. The first-order chi connectivity index (χ1) is 14.5. The second kappa shape index (κ2) is 11.2. The first-order valence-electron chi connectivity index (χ1n) is 11.1. The van der Waals surface area contributed by atoms with Gasteiger partial charge >= 0.3 is 0 Å².